The Morgan fingerprint density at radius 1 is 0.375 bits per heavy atom. The summed E-state index contributed by atoms with van der Waals surface area (Å²) in [4.78, 5) is 11.7. The highest BCUT2D eigenvalue weighted by Crippen LogP contribution is 2.14. The fourth-order valence-electron chi connectivity index (χ4n) is 5.35. The highest BCUT2D eigenvalue weighted by atomic mass is 16.7. The SMILES string of the molecule is CCCCCCCC/C=C\CCCCCCCCOC(=O)OCCCCCCCCCCCCCCCCCC. The first-order valence-corrected chi connectivity index (χ1v) is 18.3. The van der Waals surface area contributed by atoms with Gasteiger partial charge < -0.3 is 9.47 Å². The van der Waals surface area contributed by atoms with Crippen molar-refractivity contribution >= 4 is 6.16 Å². The van der Waals surface area contributed by atoms with Gasteiger partial charge >= 0.3 is 6.16 Å². The highest BCUT2D eigenvalue weighted by Gasteiger charge is 2.03. The molecule has 0 N–H and O–H groups in total. The Morgan fingerprint density at radius 2 is 0.625 bits per heavy atom. The van der Waals surface area contributed by atoms with Crippen LogP contribution in [-0.4, -0.2) is 19.4 Å². The molecule has 0 aromatic rings. The second-order valence-corrected chi connectivity index (χ2v) is 12.2. The first-order valence-electron chi connectivity index (χ1n) is 18.3. The van der Waals surface area contributed by atoms with Gasteiger partial charge in [0.05, 0.1) is 13.2 Å². The van der Waals surface area contributed by atoms with Crippen molar-refractivity contribution in [3.63, 3.8) is 0 Å². The molecule has 0 aliphatic carbocycles. The summed E-state index contributed by atoms with van der Waals surface area (Å²) in [6, 6.07) is 0. The highest BCUT2D eigenvalue weighted by molar-refractivity contribution is 5.59. The van der Waals surface area contributed by atoms with Gasteiger partial charge in [-0.1, -0.05) is 180 Å². The third kappa shape index (κ3) is 35.0. The zero-order valence-corrected chi connectivity index (χ0v) is 27.5. The number of rotatable bonds is 33. The molecule has 0 fully saturated rings. The van der Waals surface area contributed by atoms with E-state index in [-0.39, 0.29) is 0 Å². The van der Waals surface area contributed by atoms with Crippen LogP contribution in [0.3, 0.4) is 0 Å². The van der Waals surface area contributed by atoms with Crippen molar-refractivity contribution in [3.05, 3.63) is 12.2 Å². The molecule has 0 aromatic heterocycles. The van der Waals surface area contributed by atoms with Crippen LogP contribution in [-0.2, 0) is 9.47 Å². The van der Waals surface area contributed by atoms with Crippen LogP contribution >= 0.6 is 0 Å². The molecule has 0 amide bonds. The largest absolute Gasteiger partial charge is 0.508 e. The molecule has 0 radical (unpaired) electrons. The monoisotopic (exact) mass is 565 g/mol. The summed E-state index contributed by atoms with van der Waals surface area (Å²) in [5.41, 5.74) is 0. The Bertz CT molecular complexity index is 502. The first-order chi connectivity index (χ1) is 19.8. The molecule has 0 bridgehead atoms. The number of carbonyl (C=O) groups is 1. The molecule has 0 spiro atoms. The molecule has 3 heteroatoms. The van der Waals surface area contributed by atoms with Gasteiger partial charge in [0.15, 0.2) is 0 Å². The number of ether oxygens (including phenoxy) is 2. The zero-order valence-electron chi connectivity index (χ0n) is 27.5. The molecule has 238 valence electrons. The Balaban J connectivity index is 3.18. The number of hydrogen-bond acceptors (Lipinski definition) is 3. The third-order valence-corrected chi connectivity index (χ3v) is 8.09. The van der Waals surface area contributed by atoms with E-state index >= 15 is 0 Å². The van der Waals surface area contributed by atoms with E-state index in [9.17, 15) is 4.79 Å². The lowest BCUT2D eigenvalue weighted by Crippen LogP contribution is -2.09. The van der Waals surface area contributed by atoms with E-state index in [4.69, 9.17) is 9.47 Å². The van der Waals surface area contributed by atoms with Crippen molar-refractivity contribution < 1.29 is 14.3 Å². The zero-order chi connectivity index (χ0) is 29.0. The maximum absolute atomic E-state index is 11.7. The van der Waals surface area contributed by atoms with Crippen LogP contribution in [0.4, 0.5) is 4.79 Å². The summed E-state index contributed by atoms with van der Waals surface area (Å²) in [6.07, 6.45) is 43.9. The van der Waals surface area contributed by atoms with E-state index in [0.29, 0.717) is 13.2 Å². The quantitative estimate of drug-likeness (QED) is 0.0451. The van der Waals surface area contributed by atoms with Crippen molar-refractivity contribution in [3.8, 4) is 0 Å². The molecule has 40 heavy (non-hydrogen) atoms. The molecule has 0 unspecified atom stereocenters. The Labute approximate surface area is 252 Å². The minimum Gasteiger partial charge on any atom is -0.434 e. The standard InChI is InChI=1S/C37H72O3/c1-3-5-7-9-11-13-15-17-19-21-23-25-27-29-31-33-35-39-37(38)40-36-34-32-30-28-26-24-22-20-18-16-14-12-10-8-6-4-2/h17,19H,3-16,18,20-36H2,1-2H3/b19-17-. The van der Waals surface area contributed by atoms with Crippen LogP contribution in [0.1, 0.15) is 206 Å². The van der Waals surface area contributed by atoms with Gasteiger partial charge in [0.2, 0.25) is 0 Å². The van der Waals surface area contributed by atoms with Gasteiger partial charge in [0.1, 0.15) is 0 Å². The van der Waals surface area contributed by atoms with Crippen LogP contribution in [0, 0.1) is 0 Å². The van der Waals surface area contributed by atoms with E-state index in [2.05, 4.69) is 26.0 Å². The molecule has 0 aliphatic rings. The van der Waals surface area contributed by atoms with Gasteiger partial charge in [-0.2, -0.15) is 0 Å². The molecular formula is C37H72O3. The van der Waals surface area contributed by atoms with Crippen molar-refractivity contribution in [2.75, 3.05) is 13.2 Å². The van der Waals surface area contributed by atoms with Crippen molar-refractivity contribution in [2.24, 2.45) is 0 Å². The number of hydrogen-bond donors (Lipinski definition) is 0. The van der Waals surface area contributed by atoms with Crippen LogP contribution in [0.25, 0.3) is 0 Å². The average Bonchev–Trinajstić information content (AvgIpc) is 2.96. The summed E-state index contributed by atoms with van der Waals surface area (Å²) < 4.78 is 10.4. The fourth-order valence-corrected chi connectivity index (χ4v) is 5.35. The summed E-state index contributed by atoms with van der Waals surface area (Å²) in [6.45, 7) is 5.57. The van der Waals surface area contributed by atoms with Crippen LogP contribution in [0.15, 0.2) is 12.2 Å². The summed E-state index contributed by atoms with van der Waals surface area (Å²) >= 11 is 0. The second-order valence-electron chi connectivity index (χ2n) is 12.2. The minimum absolute atomic E-state index is 0.478. The summed E-state index contributed by atoms with van der Waals surface area (Å²) in [5, 5.41) is 0. The lowest BCUT2D eigenvalue weighted by Gasteiger charge is -2.06. The molecule has 0 heterocycles. The molecule has 0 aromatic carbocycles. The van der Waals surface area contributed by atoms with Crippen LogP contribution < -0.4 is 0 Å². The smallest absolute Gasteiger partial charge is 0.434 e. The topological polar surface area (TPSA) is 35.5 Å². The molecule has 0 saturated carbocycles. The van der Waals surface area contributed by atoms with Gasteiger partial charge in [0.25, 0.3) is 0 Å². The van der Waals surface area contributed by atoms with Gasteiger partial charge in [-0.3, -0.25) is 0 Å². The Kier molecular flexibility index (Phi) is 35.1. The lowest BCUT2D eigenvalue weighted by atomic mass is 10.0. The number of allylic oxidation sites excluding steroid dienone is 2. The van der Waals surface area contributed by atoms with E-state index < -0.39 is 6.16 Å². The predicted molar refractivity (Wildman–Crippen MR) is 176 cm³/mol. The van der Waals surface area contributed by atoms with Crippen LogP contribution in [0.2, 0.25) is 0 Å². The normalized spacial score (nSPS) is 11.4. The Hall–Kier alpha value is -0.990. The van der Waals surface area contributed by atoms with Crippen molar-refractivity contribution in [2.45, 2.75) is 206 Å². The molecule has 0 aliphatic heterocycles. The predicted octanol–water partition coefficient (Wildman–Crippen LogP) is 13.4. The molecule has 0 rings (SSSR count). The van der Waals surface area contributed by atoms with Crippen molar-refractivity contribution in [1.82, 2.24) is 0 Å². The van der Waals surface area contributed by atoms with Gasteiger partial charge in [-0.15, -0.1) is 0 Å². The van der Waals surface area contributed by atoms with Crippen LogP contribution in [0.5, 0.6) is 0 Å². The van der Waals surface area contributed by atoms with Gasteiger partial charge in [-0.25, -0.2) is 4.79 Å². The van der Waals surface area contributed by atoms with Gasteiger partial charge in [-0.05, 0) is 38.5 Å². The summed E-state index contributed by atoms with van der Waals surface area (Å²) in [5.74, 6) is 0. The number of unbranched alkanes of at least 4 members (excludes halogenated alkanes) is 27. The molecule has 0 atom stereocenters. The second kappa shape index (κ2) is 36.0. The van der Waals surface area contributed by atoms with E-state index in [1.807, 2.05) is 0 Å². The van der Waals surface area contributed by atoms with E-state index in [1.165, 1.54) is 167 Å². The van der Waals surface area contributed by atoms with Crippen molar-refractivity contribution in [1.29, 1.82) is 0 Å². The fraction of sp³-hybridized carbons (Fsp3) is 0.919. The third-order valence-electron chi connectivity index (χ3n) is 8.09. The minimum atomic E-state index is -0.478. The molecule has 0 saturated heterocycles. The maximum Gasteiger partial charge on any atom is 0.508 e. The molecular weight excluding hydrogens is 492 g/mol. The number of carbonyl (C=O) groups excluding carboxylic acids is 1. The molecule has 3 nitrogen and oxygen atoms in total. The summed E-state index contributed by atoms with van der Waals surface area (Å²) in [7, 11) is 0. The Morgan fingerprint density at radius 3 is 0.925 bits per heavy atom. The average molecular weight is 565 g/mol. The first kappa shape index (κ1) is 39.0. The maximum atomic E-state index is 11.7. The van der Waals surface area contributed by atoms with E-state index in [1.54, 1.807) is 0 Å². The van der Waals surface area contributed by atoms with Gasteiger partial charge in [0, 0.05) is 0 Å². The van der Waals surface area contributed by atoms with E-state index in [0.717, 1.165) is 25.7 Å². The lowest BCUT2D eigenvalue weighted by molar-refractivity contribution is 0.0529.